The molecule has 6 heteroatoms. The number of unbranched alkanes of at least 4 members (excludes halogenated alkanes) is 1. The Morgan fingerprint density at radius 2 is 2.00 bits per heavy atom. The molecule has 0 saturated carbocycles. The molecular weight excluding hydrogens is 186 g/mol. The monoisotopic (exact) mass is 201 g/mol. The van der Waals surface area contributed by atoms with Crippen molar-refractivity contribution in [1.29, 1.82) is 0 Å². The lowest BCUT2D eigenvalue weighted by atomic mass is 10.4. The van der Waals surface area contributed by atoms with Crippen LogP contribution in [0.2, 0.25) is 0 Å². The summed E-state index contributed by atoms with van der Waals surface area (Å²) in [7, 11) is 0. The highest BCUT2D eigenvalue weighted by Gasteiger charge is 2.01. The summed E-state index contributed by atoms with van der Waals surface area (Å²) in [5.74, 6) is 0. The van der Waals surface area contributed by atoms with Crippen molar-refractivity contribution in [3.05, 3.63) is 10.4 Å². The molecule has 0 aromatic heterocycles. The first kappa shape index (κ1) is 12.6. The number of carbonyl (C=O) groups is 1. The zero-order chi connectivity index (χ0) is 10.6. The second-order valence-corrected chi connectivity index (χ2v) is 2.61. The van der Waals surface area contributed by atoms with Gasteiger partial charge in [-0.15, -0.1) is 0 Å². The maximum absolute atomic E-state index is 10.8. The van der Waals surface area contributed by atoms with Crippen LogP contribution in [0.5, 0.6) is 0 Å². The summed E-state index contributed by atoms with van der Waals surface area (Å²) in [6.07, 6.45) is 1.68. The van der Waals surface area contributed by atoms with Gasteiger partial charge in [-0.25, -0.2) is 4.79 Å². The fourth-order valence-electron chi connectivity index (χ4n) is 0.677. The van der Waals surface area contributed by atoms with E-state index in [0.717, 1.165) is 12.8 Å². The highest BCUT2D eigenvalue weighted by molar-refractivity contribution is 5.59. The van der Waals surface area contributed by atoms with Gasteiger partial charge in [0.2, 0.25) is 0 Å². The third-order valence-corrected chi connectivity index (χ3v) is 1.40. The molecule has 0 fully saturated rings. The van der Waals surface area contributed by atoms with Crippen molar-refractivity contribution < 1.29 is 14.3 Å². The molecule has 0 heterocycles. The number of ether oxygens (including phenoxy) is 2. The van der Waals surface area contributed by atoms with Crippen LogP contribution in [0.15, 0.2) is 5.11 Å². The van der Waals surface area contributed by atoms with E-state index in [1.807, 2.05) is 6.92 Å². The molecule has 0 aliphatic heterocycles. The zero-order valence-electron chi connectivity index (χ0n) is 8.31. The van der Waals surface area contributed by atoms with E-state index >= 15 is 0 Å². The lowest BCUT2D eigenvalue weighted by Crippen LogP contribution is -2.09. The van der Waals surface area contributed by atoms with Gasteiger partial charge in [0.05, 0.1) is 13.2 Å². The van der Waals surface area contributed by atoms with Gasteiger partial charge in [-0.1, -0.05) is 18.5 Å². The van der Waals surface area contributed by atoms with Gasteiger partial charge in [0.25, 0.3) is 0 Å². The Balaban J connectivity index is 3.22. The first-order valence-electron chi connectivity index (χ1n) is 4.61. The molecule has 0 N–H and O–H groups in total. The van der Waals surface area contributed by atoms with E-state index < -0.39 is 6.16 Å². The quantitative estimate of drug-likeness (QED) is 0.208. The van der Waals surface area contributed by atoms with Crippen molar-refractivity contribution in [1.82, 2.24) is 0 Å². The average molecular weight is 201 g/mol. The second kappa shape index (κ2) is 9.67. The molecule has 0 aromatic rings. The largest absolute Gasteiger partial charge is 0.508 e. The molecule has 14 heavy (non-hydrogen) atoms. The lowest BCUT2D eigenvalue weighted by molar-refractivity contribution is 0.0541. The number of rotatable bonds is 7. The van der Waals surface area contributed by atoms with Gasteiger partial charge in [-0.2, -0.15) is 0 Å². The third kappa shape index (κ3) is 8.67. The highest BCUT2D eigenvalue weighted by atomic mass is 16.7. The summed E-state index contributed by atoms with van der Waals surface area (Å²) in [6, 6.07) is 0. The van der Waals surface area contributed by atoms with Crippen LogP contribution in [0.3, 0.4) is 0 Å². The average Bonchev–Trinajstić information content (AvgIpc) is 2.18. The first-order chi connectivity index (χ1) is 6.81. The van der Waals surface area contributed by atoms with E-state index in [-0.39, 0.29) is 6.61 Å². The topological polar surface area (TPSA) is 84.3 Å². The Bertz CT molecular complexity index is 202. The van der Waals surface area contributed by atoms with Crippen LogP contribution in [0.25, 0.3) is 10.4 Å². The fourth-order valence-corrected chi connectivity index (χ4v) is 0.677. The van der Waals surface area contributed by atoms with Crippen LogP contribution in [0, 0.1) is 0 Å². The normalized spacial score (nSPS) is 8.93. The molecule has 0 spiro atoms. The molecule has 0 amide bonds. The van der Waals surface area contributed by atoms with Crippen LogP contribution in [0.4, 0.5) is 4.79 Å². The molecule has 0 aliphatic carbocycles. The molecule has 0 unspecified atom stereocenters. The molecule has 0 saturated heterocycles. The number of carbonyl (C=O) groups excluding carboxylic acids is 1. The minimum atomic E-state index is -0.653. The highest BCUT2D eigenvalue weighted by Crippen LogP contribution is 1.93. The van der Waals surface area contributed by atoms with Crippen LogP contribution < -0.4 is 0 Å². The summed E-state index contributed by atoms with van der Waals surface area (Å²) in [5.41, 5.74) is 7.94. The van der Waals surface area contributed by atoms with Crippen molar-refractivity contribution in [3.8, 4) is 0 Å². The van der Waals surface area contributed by atoms with Crippen molar-refractivity contribution in [2.75, 3.05) is 19.8 Å². The molecule has 0 aliphatic rings. The predicted molar refractivity (Wildman–Crippen MR) is 50.8 cm³/mol. The number of nitrogens with zero attached hydrogens (tertiary/aromatic N) is 3. The maximum atomic E-state index is 10.8. The van der Waals surface area contributed by atoms with E-state index in [1.54, 1.807) is 0 Å². The molecule has 0 aromatic carbocycles. The summed E-state index contributed by atoms with van der Waals surface area (Å²) >= 11 is 0. The summed E-state index contributed by atoms with van der Waals surface area (Å²) in [5, 5.41) is 3.29. The predicted octanol–water partition coefficient (Wildman–Crippen LogP) is 2.64. The Labute approximate surface area is 82.8 Å². The van der Waals surface area contributed by atoms with Gasteiger partial charge >= 0.3 is 6.16 Å². The van der Waals surface area contributed by atoms with Gasteiger partial charge in [-0.05, 0) is 18.4 Å². The Morgan fingerprint density at radius 3 is 2.57 bits per heavy atom. The minimum absolute atomic E-state index is 0.226. The van der Waals surface area contributed by atoms with E-state index in [9.17, 15) is 4.79 Å². The van der Waals surface area contributed by atoms with Crippen LogP contribution in [0.1, 0.15) is 26.2 Å². The smallest absolute Gasteiger partial charge is 0.434 e. The second-order valence-electron chi connectivity index (χ2n) is 2.61. The standard InChI is InChI=1S/C8H15N3O3/c1-2-3-6-13-8(12)14-7-4-5-10-11-9/h2-7H2,1H3. The Kier molecular flexibility index (Phi) is 8.69. The third-order valence-electron chi connectivity index (χ3n) is 1.40. The number of hydrogen-bond donors (Lipinski definition) is 0. The van der Waals surface area contributed by atoms with E-state index in [0.29, 0.717) is 19.6 Å². The summed E-state index contributed by atoms with van der Waals surface area (Å²) in [4.78, 5) is 13.4. The molecule has 0 radical (unpaired) electrons. The van der Waals surface area contributed by atoms with Crippen LogP contribution in [-0.4, -0.2) is 25.9 Å². The van der Waals surface area contributed by atoms with Crippen molar-refractivity contribution in [2.45, 2.75) is 26.2 Å². The van der Waals surface area contributed by atoms with E-state index in [2.05, 4.69) is 10.0 Å². The summed E-state index contributed by atoms with van der Waals surface area (Å²) in [6.45, 7) is 2.96. The molecule has 0 rings (SSSR count). The van der Waals surface area contributed by atoms with E-state index in [1.165, 1.54) is 0 Å². The van der Waals surface area contributed by atoms with Gasteiger partial charge < -0.3 is 9.47 Å². The fraction of sp³-hybridized carbons (Fsp3) is 0.875. The van der Waals surface area contributed by atoms with Crippen molar-refractivity contribution in [2.24, 2.45) is 5.11 Å². The molecule has 6 nitrogen and oxygen atoms in total. The first-order valence-corrected chi connectivity index (χ1v) is 4.61. The lowest BCUT2D eigenvalue weighted by Gasteiger charge is -2.04. The minimum Gasteiger partial charge on any atom is -0.434 e. The van der Waals surface area contributed by atoms with Gasteiger partial charge in [0, 0.05) is 11.5 Å². The van der Waals surface area contributed by atoms with Crippen LogP contribution in [-0.2, 0) is 9.47 Å². The van der Waals surface area contributed by atoms with Gasteiger partial charge in [-0.3, -0.25) is 0 Å². The van der Waals surface area contributed by atoms with Crippen LogP contribution >= 0.6 is 0 Å². The molecule has 80 valence electrons. The van der Waals surface area contributed by atoms with Crippen molar-refractivity contribution >= 4 is 6.16 Å². The Morgan fingerprint density at radius 1 is 1.36 bits per heavy atom. The van der Waals surface area contributed by atoms with E-state index in [4.69, 9.17) is 15.0 Å². The summed E-state index contributed by atoms with van der Waals surface area (Å²) < 4.78 is 9.42. The number of azide groups is 1. The van der Waals surface area contributed by atoms with Gasteiger partial charge in [0.1, 0.15) is 0 Å². The molecule has 0 atom stereocenters. The molecule has 0 bridgehead atoms. The number of hydrogen-bond acceptors (Lipinski definition) is 4. The van der Waals surface area contributed by atoms with Crippen molar-refractivity contribution in [3.63, 3.8) is 0 Å². The SMILES string of the molecule is CCCCOC(=O)OCCCN=[N+]=[N-]. The molecular formula is C8H15N3O3. The maximum Gasteiger partial charge on any atom is 0.508 e. The van der Waals surface area contributed by atoms with Gasteiger partial charge in [0.15, 0.2) is 0 Å². The zero-order valence-corrected chi connectivity index (χ0v) is 8.31. The Hall–Kier alpha value is -1.42.